The van der Waals surface area contributed by atoms with Crippen molar-refractivity contribution in [3.05, 3.63) is 70.3 Å². The van der Waals surface area contributed by atoms with Gasteiger partial charge >= 0.3 is 0 Å². The average Bonchev–Trinajstić information content (AvgIpc) is 2.28. The predicted molar refractivity (Wildman–Crippen MR) is 66.3 cm³/mol. The second-order valence-corrected chi connectivity index (χ2v) is 4.40. The molecule has 0 heterocycles. The Morgan fingerprint density at radius 2 is 1.61 bits per heavy atom. The van der Waals surface area contributed by atoms with Gasteiger partial charge in [-0.25, -0.2) is 8.78 Å². The molecule has 1 atom stereocenters. The Labute approximate surface area is 105 Å². The van der Waals surface area contributed by atoms with E-state index in [1.54, 1.807) is 6.07 Å². The van der Waals surface area contributed by atoms with Crippen LogP contribution in [0.2, 0.25) is 0 Å². The maximum Gasteiger partial charge on any atom is 0.132 e. The monoisotopic (exact) mass is 248 g/mol. The lowest BCUT2D eigenvalue weighted by Gasteiger charge is -2.16. The topological polar surface area (TPSA) is 20.2 Å². The van der Waals surface area contributed by atoms with Gasteiger partial charge in [0.1, 0.15) is 17.7 Å². The molecule has 1 unspecified atom stereocenters. The van der Waals surface area contributed by atoms with Crippen LogP contribution in [0.15, 0.2) is 36.4 Å². The van der Waals surface area contributed by atoms with Gasteiger partial charge in [0.05, 0.1) is 5.56 Å². The van der Waals surface area contributed by atoms with E-state index in [1.165, 1.54) is 6.07 Å². The molecule has 0 fully saturated rings. The van der Waals surface area contributed by atoms with Crippen LogP contribution in [0.5, 0.6) is 0 Å². The summed E-state index contributed by atoms with van der Waals surface area (Å²) in [6.07, 6.45) is -1.29. The highest BCUT2D eigenvalue weighted by Crippen LogP contribution is 2.29. The van der Waals surface area contributed by atoms with Gasteiger partial charge in [-0.15, -0.1) is 0 Å². The summed E-state index contributed by atoms with van der Waals surface area (Å²) < 4.78 is 27.2. The summed E-state index contributed by atoms with van der Waals surface area (Å²) in [6.45, 7) is 3.73. The van der Waals surface area contributed by atoms with Gasteiger partial charge < -0.3 is 5.11 Å². The fourth-order valence-electron chi connectivity index (χ4n) is 2.06. The molecule has 2 aromatic carbocycles. The van der Waals surface area contributed by atoms with Crippen LogP contribution in [0, 0.1) is 25.5 Å². The molecule has 2 aromatic rings. The molecule has 0 aromatic heterocycles. The predicted octanol–water partition coefficient (Wildman–Crippen LogP) is 3.66. The number of hydrogen-bond donors (Lipinski definition) is 1. The molecule has 2 rings (SSSR count). The minimum atomic E-state index is -1.29. The van der Waals surface area contributed by atoms with Gasteiger partial charge in [-0.1, -0.05) is 29.8 Å². The summed E-state index contributed by atoms with van der Waals surface area (Å²) >= 11 is 0. The Hall–Kier alpha value is -1.74. The van der Waals surface area contributed by atoms with Gasteiger partial charge in [0.15, 0.2) is 0 Å². The first kappa shape index (κ1) is 12.7. The fraction of sp³-hybridized carbons (Fsp3) is 0.200. The summed E-state index contributed by atoms with van der Waals surface area (Å²) in [7, 11) is 0. The molecule has 18 heavy (non-hydrogen) atoms. The zero-order chi connectivity index (χ0) is 13.3. The van der Waals surface area contributed by atoms with Crippen LogP contribution in [-0.4, -0.2) is 5.11 Å². The first-order valence-corrected chi connectivity index (χ1v) is 5.70. The van der Waals surface area contributed by atoms with Crippen LogP contribution in [0.3, 0.4) is 0 Å². The first-order valence-electron chi connectivity index (χ1n) is 5.70. The molecular weight excluding hydrogens is 234 g/mol. The Morgan fingerprint density at radius 3 is 2.17 bits per heavy atom. The maximum atomic E-state index is 13.6. The van der Waals surface area contributed by atoms with E-state index in [0.717, 1.165) is 23.3 Å². The van der Waals surface area contributed by atoms with Crippen LogP contribution in [0.4, 0.5) is 8.78 Å². The highest BCUT2D eigenvalue weighted by atomic mass is 19.1. The molecule has 1 nitrogen and oxygen atoms in total. The summed E-state index contributed by atoms with van der Waals surface area (Å²) in [4.78, 5) is 0. The first-order chi connectivity index (χ1) is 8.50. The van der Waals surface area contributed by atoms with Crippen LogP contribution < -0.4 is 0 Å². The quantitative estimate of drug-likeness (QED) is 0.859. The molecular formula is C15H14F2O. The van der Waals surface area contributed by atoms with Gasteiger partial charge in [0, 0.05) is 0 Å². The van der Waals surface area contributed by atoms with E-state index in [4.69, 9.17) is 0 Å². The minimum Gasteiger partial charge on any atom is -0.383 e. The third-order valence-electron chi connectivity index (χ3n) is 2.99. The van der Waals surface area contributed by atoms with Crippen LogP contribution >= 0.6 is 0 Å². The molecule has 0 amide bonds. The highest BCUT2D eigenvalue weighted by Gasteiger charge is 2.20. The molecule has 0 spiro atoms. The lowest BCUT2D eigenvalue weighted by atomic mass is 9.95. The molecule has 94 valence electrons. The highest BCUT2D eigenvalue weighted by molar-refractivity contribution is 5.38. The summed E-state index contributed by atoms with van der Waals surface area (Å²) in [5.74, 6) is -1.47. The second kappa shape index (κ2) is 4.86. The Balaban J connectivity index is 2.51. The Bertz CT molecular complexity index is 558. The smallest absolute Gasteiger partial charge is 0.132 e. The summed E-state index contributed by atoms with van der Waals surface area (Å²) in [5.41, 5.74) is 2.07. The van der Waals surface area contributed by atoms with Gasteiger partial charge in [-0.3, -0.25) is 0 Å². The van der Waals surface area contributed by atoms with E-state index in [9.17, 15) is 13.9 Å². The largest absolute Gasteiger partial charge is 0.383 e. The average molecular weight is 248 g/mol. The number of aryl methyl sites for hydroxylation is 2. The van der Waals surface area contributed by atoms with Crippen molar-refractivity contribution >= 4 is 0 Å². The van der Waals surface area contributed by atoms with E-state index in [-0.39, 0.29) is 5.56 Å². The molecule has 0 radical (unpaired) electrons. The Morgan fingerprint density at radius 1 is 1.00 bits per heavy atom. The number of hydrogen-bond acceptors (Lipinski definition) is 1. The van der Waals surface area contributed by atoms with Crippen molar-refractivity contribution in [2.75, 3.05) is 0 Å². The lowest BCUT2D eigenvalue weighted by Crippen LogP contribution is -2.07. The molecule has 0 saturated carbocycles. The molecule has 0 aliphatic heterocycles. The molecule has 0 saturated heterocycles. The summed E-state index contributed by atoms with van der Waals surface area (Å²) in [6, 6.07) is 8.95. The zero-order valence-electron chi connectivity index (χ0n) is 10.2. The molecule has 0 bridgehead atoms. The van der Waals surface area contributed by atoms with Gasteiger partial charge in [0.25, 0.3) is 0 Å². The minimum absolute atomic E-state index is 0.301. The maximum absolute atomic E-state index is 13.6. The van der Waals surface area contributed by atoms with Crippen LogP contribution in [-0.2, 0) is 0 Å². The van der Waals surface area contributed by atoms with E-state index >= 15 is 0 Å². The number of aliphatic hydroxyl groups excluding tert-OH is 1. The van der Waals surface area contributed by atoms with Crippen molar-refractivity contribution < 1.29 is 13.9 Å². The third-order valence-corrected chi connectivity index (χ3v) is 2.99. The Kier molecular flexibility index (Phi) is 3.43. The fourth-order valence-corrected chi connectivity index (χ4v) is 2.06. The number of benzene rings is 2. The molecule has 0 aliphatic carbocycles. The lowest BCUT2D eigenvalue weighted by molar-refractivity contribution is 0.208. The third kappa shape index (κ3) is 2.27. The van der Waals surface area contributed by atoms with Gasteiger partial charge in [0.2, 0.25) is 0 Å². The normalized spacial score (nSPS) is 12.5. The van der Waals surface area contributed by atoms with Crippen molar-refractivity contribution in [1.29, 1.82) is 0 Å². The summed E-state index contributed by atoms with van der Waals surface area (Å²) in [5, 5.41) is 10.1. The molecule has 1 N–H and O–H groups in total. The zero-order valence-corrected chi connectivity index (χ0v) is 10.2. The van der Waals surface area contributed by atoms with Crippen molar-refractivity contribution in [2.45, 2.75) is 20.0 Å². The van der Waals surface area contributed by atoms with E-state index < -0.39 is 17.7 Å². The molecule has 3 heteroatoms. The van der Waals surface area contributed by atoms with E-state index in [2.05, 4.69) is 0 Å². The van der Waals surface area contributed by atoms with Gasteiger partial charge in [-0.05, 0) is 37.1 Å². The van der Waals surface area contributed by atoms with Crippen LogP contribution in [0.25, 0.3) is 0 Å². The van der Waals surface area contributed by atoms with E-state index in [1.807, 2.05) is 26.0 Å². The van der Waals surface area contributed by atoms with Gasteiger partial charge in [-0.2, -0.15) is 0 Å². The van der Waals surface area contributed by atoms with Crippen molar-refractivity contribution in [3.8, 4) is 0 Å². The van der Waals surface area contributed by atoms with Crippen molar-refractivity contribution in [2.24, 2.45) is 0 Å². The van der Waals surface area contributed by atoms with Crippen molar-refractivity contribution in [1.82, 2.24) is 0 Å². The van der Waals surface area contributed by atoms with E-state index in [0.29, 0.717) is 5.56 Å². The standard InChI is InChI=1S/C15H14F2O/c1-9-6-7-11(10(2)8-9)15(18)14-12(16)4-3-5-13(14)17/h3-8,15,18H,1-2H3. The number of aliphatic hydroxyl groups is 1. The second-order valence-electron chi connectivity index (χ2n) is 4.40. The van der Waals surface area contributed by atoms with Crippen LogP contribution in [0.1, 0.15) is 28.4 Å². The molecule has 0 aliphatic rings. The number of halogens is 2. The number of rotatable bonds is 2. The SMILES string of the molecule is Cc1ccc(C(O)c2c(F)cccc2F)c(C)c1. The van der Waals surface area contributed by atoms with Crippen molar-refractivity contribution in [3.63, 3.8) is 0 Å².